The minimum absolute atomic E-state index is 0.214. The highest BCUT2D eigenvalue weighted by molar-refractivity contribution is 7.18. The molecule has 7 heteroatoms. The zero-order valence-corrected chi connectivity index (χ0v) is 12.3. The third-order valence-corrected chi connectivity index (χ3v) is 4.38. The number of benzene rings is 1. The second kappa shape index (κ2) is 5.33. The van der Waals surface area contributed by atoms with Crippen molar-refractivity contribution in [3.63, 3.8) is 0 Å². The van der Waals surface area contributed by atoms with Gasteiger partial charge in [-0.05, 0) is 31.0 Å². The molecule has 21 heavy (non-hydrogen) atoms. The van der Waals surface area contributed by atoms with Crippen LogP contribution >= 0.6 is 11.3 Å². The first kappa shape index (κ1) is 13.8. The van der Waals surface area contributed by atoms with Gasteiger partial charge in [0.1, 0.15) is 16.5 Å². The number of hydrogen-bond acceptors (Lipinski definition) is 5. The van der Waals surface area contributed by atoms with Gasteiger partial charge in [-0.3, -0.25) is 4.79 Å². The topological polar surface area (TPSA) is 71.2 Å². The summed E-state index contributed by atoms with van der Waals surface area (Å²) in [5, 5.41) is 3.66. The van der Waals surface area contributed by atoms with E-state index >= 15 is 0 Å². The summed E-state index contributed by atoms with van der Waals surface area (Å²) in [6.45, 7) is 3.18. The zero-order valence-electron chi connectivity index (χ0n) is 11.5. The number of rotatable bonds is 3. The van der Waals surface area contributed by atoms with Gasteiger partial charge in [0.25, 0.3) is 5.91 Å². The van der Waals surface area contributed by atoms with E-state index in [0.717, 1.165) is 12.0 Å². The van der Waals surface area contributed by atoms with E-state index in [9.17, 15) is 9.18 Å². The number of carbonyl (C=O) groups is 1. The van der Waals surface area contributed by atoms with Crippen LogP contribution < -0.4 is 16.0 Å². The van der Waals surface area contributed by atoms with Crippen molar-refractivity contribution in [2.24, 2.45) is 0 Å². The monoisotopic (exact) mass is 306 g/mol. The molecule has 0 atom stereocenters. The van der Waals surface area contributed by atoms with E-state index in [1.54, 1.807) is 11.0 Å². The van der Waals surface area contributed by atoms with Gasteiger partial charge in [-0.15, -0.1) is 0 Å². The average Bonchev–Trinajstić information content (AvgIpc) is 3.02. The standard InChI is InChI=1S/C14H15FN4OS/c1-2-17-14-18-12(16)11(21-14)13(20)19-6-5-8-3-4-9(15)7-10(8)19/h3-4,7H,2,5-6,16H2,1H3,(H,17,18). The van der Waals surface area contributed by atoms with Crippen LogP contribution in [0.15, 0.2) is 18.2 Å². The number of amides is 1. The van der Waals surface area contributed by atoms with E-state index in [0.29, 0.717) is 28.8 Å². The predicted octanol–water partition coefficient (Wildman–Crippen LogP) is 2.50. The van der Waals surface area contributed by atoms with Crippen molar-refractivity contribution in [1.82, 2.24) is 4.98 Å². The smallest absolute Gasteiger partial charge is 0.272 e. The lowest BCUT2D eigenvalue weighted by Gasteiger charge is -2.16. The normalized spacial score (nSPS) is 13.3. The summed E-state index contributed by atoms with van der Waals surface area (Å²) in [6, 6.07) is 4.53. The number of aromatic nitrogens is 1. The Bertz CT molecular complexity index is 700. The Morgan fingerprint density at radius 1 is 1.57 bits per heavy atom. The number of thiazole rings is 1. The minimum atomic E-state index is -0.348. The molecule has 0 unspecified atom stereocenters. The van der Waals surface area contributed by atoms with Crippen LogP contribution in [0, 0.1) is 5.82 Å². The first-order chi connectivity index (χ1) is 10.1. The molecule has 3 N–H and O–H groups in total. The second-order valence-corrected chi connectivity index (χ2v) is 5.74. The third-order valence-electron chi connectivity index (χ3n) is 3.36. The number of hydrogen-bond donors (Lipinski definition) is 2. The molecule has 1 amide bonds. The molecule has 1 aromatic carbocycles. The highest BCUT2D eigenvalue weighted by atomic mass is 32.1. The van der Waals surface area contributed by atoms with Gasteiger partial charge in [-0.1, -0.05) is 17.4 Å². The third kappa shape index (κ3) is 2.44. The summed E-state index contributed by atoms with van der Waals surface area (Å²) in [5.74, 6) is -0.358. The number of nitrogens with two attached hydrogens (primary N) is 1. The molecule has 0 saturated heterocycles. The lowest BCUT2D eigenvalue weighted by molar-refractivity contribution is 0.0994. The quantitative estimate of drug-likeness (QED) is 0.914. The summed E-state index contributed by atoms with van der Waals surface area (Å²) in [7, 11) is 0. The average molecular weight is 306 g/mol. The van der Waals surface area contributed by atoms with Gasteiger partial charge in [0.15, 0.2) is 5.13 Å². The number of nitrogens with zero attached hydrogens (tertiary/aromatic N) is 2. The van der Waals surface area contributed by atoms with Crippen molar-refractivity contribution in [3.8, 4) is 0 Å². The van der Waals surface area contributed by atoms with Crippen LogP contribution in [0.3, 0.4) is 0 Å². The minimum Gasteiger partial charge on any atom is -0.382 e. The second-order valence-electron chi connectivity index (χ2n) is 4.74. The Morgan fingerprint density at radius 3 is 3.14 bits per heavy atom. The lowest BCUT2D eigenvalue weighted by atomic mass is 10.2. The molecule has 1 aliphatic rings. The fourth-order valence-electron chi connectivity index (χ4n) is 2.40. The Labute approximate surface area is 125 Å². The molecule has 1 aliphatic heterocycles. The maximum absolute atomic E-state index is 13.4. The van der Waals surface area contributed by atoms with Crippen molar-refractivity contribution in [2.45, 2.75) is 13.3 Å². The van der Waals surface area contributed by atoms with E-state index in [-0.39, 0.29) is 17.5 Å². The maximum atomic E-state index is 13.4. The van der Waals surface area contributed by atoms with Crippen molar-refractivity contribution >= 4 is 33.9 Å². The molecule has 0 radical (unpaired) electrons. The van der Waals surface area contributed by atoms with E-state index in [2.05, 4.69) is 10.3 Å². The molecule has 2 heterocycles. The zero-order chi connectivity index (χ0) is 15.0. The summed E-state index contributed by atoms with van der Waals surface area (Å²) >= 11 is 1.23. The van der Waals surface area contributed by atoms with Crippen molar-refractivity contribution in [3.05, 3.63) is 34.5 Å². The van der Waals surface area contributed by atoms with Crippen LogP contribution in [0.25, 0.3) is 0 Å². The molecular formula is C14H15FN4OS. The fraction of sp³-hybridized carbons (Fsp3) is 0.286. The van der Waals surface area contributed by atoms with Gasteiger partial charge >= 0.3 is 0 Å². The highest BCUT2D eigenvalue weighted by Crippen LogP contribution is 2.33. The van der Waals surface area contributed by atoms with Crippen LogP contribution in [0.2, 0.25) is 0 Å². The van der Waals surface area contributed by atoms with Crippen LogP contribution in [0.1, 0.15) is 22.2 Å². The molecule has 5 nitrogen and oxygen atoms in total. The molecular weight excluding hydrogens is 291 g/mol. The van der Waals surface area contributed by atoms with Gasteiger partial charge < -0.3 is 16.0 Å². The van der Waals surface area contributed by atoms with Crippen LogP contribution in [0.5, 0.6) is 0 Å². The molecule has 0 bridgehead atoms. The van der Waals surface area contributed by atoms with Gasteiger partial charge in [-0.25, -0.2) is 9.37 Å². The Morgan fingerprint density at radius 2 is 2.38 bits per heavy atom. The van der Waals surface area contributed by atoms with Gasteiger partial charge in [0.2, 0.25) is 0 Å². The predicted molar refractivity (Wildman–Crippen MR) is 82.5 cm³/mol. The summed E-state index contributed by atoms with van der Waals surface area (Å²) in [5.41, 5.74) is 7.42. The van der Waals surface area contributed by atoms with Crippen LogP contribution in [-0.4, -0.2) is 24.0 Å². The van der Waals surface area contributed by atoms with Gasteiger partial charge in [0.05, 0.1) is 5.69 Å². The number of anilines is 3. The van der Waals surface area contributed by atoms with E-state index < -0.39 is 0 Å². The first-order valence-electron chi connectivity index (χ1n) is 6.70. The SMILES string of the molecule is CCNc1nc(N)c(C(=O)N2CCc3ccc(F)cc32)s1. The first-order valence-corrected chi connectivity index (χ1v) is 7.52. The Hall–Kier alpha value is -2.15. The molecule has 0 aliphatic carbocycles. The molecule has 2 aromatic rings. The van der Waals surface area contributed by atoms with E-state index in [4.69, 9.17) is 5.73 Å². The Balaban J connectivity index is 1.92. The number of fused-ring (bicyclic) bond motifs is 1. The molecule has 0 spiro atoms. The maximum Gasteiger partial charge on any atom is 0.272 e. The van der Waals surface area contributed by atoms with Crippen molar-refractivity contribution in [1.29, 1.82) is 0 Å². The number of nitrogens with one attached hydrogen (secondary N) is 1. The van der Waals surface area contributed by atoms with Crippen LogP contribution in [0.4, 0.5) is 21.0 Å². The molecule has 0 fully saturated rings. The van der Waals surface area contributed by atoms with Crippen molar-refractivity contribution in [2.75, 3.05) is 29.0 Å². The van der Waals surface area contributed by atoms with Crippen molar-refractivity contribution < 1.29 is 9.18 Å². The van der Waals surface area contributed by atoms with E-state index in [1.807, 2.05) is 6.92 Å². The lowest BCUT2D eigenvalue weighted by Crippen LogP contribution is -2.28. The Kier molecular flexibility index (Phi) is 3.50. The van der Waals surface area contributed by atoms with Gasteiger partial charge in [-0.2, -0.15) is 0 Å². The molecule has 0 saturated carbocycles. The largest absolute Gasteiger partial charge is 0.382 e. The van der Waals surface area contributed by atoms with Crippen LogP contribution in [-0.2, 0) is 6.42 Å². The summed E-state index contributed by atoms with van der Waals surface area (Å²) in [6.07, 6.45) is 0.722. The molecule has 1 aromatic heterocycles. The number of carbonyl (C=O) groups excluding carboxylic acids is 1. The number of halogens is 1. The molecule has 110 valence electrons. The highest BCUT2D eigenvalue weighted by Gasteiger charge is 2.29. The fourth-order valence-corrected chi connectivity index (χ4v) is 3.30. The number of nitrogen functional groups attached to an aromatic ring is 1. The summed E-state index contributed by atoms with van der Waals surface area (Å²) in [4.78, 5) is 18.7. The van der Waals surface area contributed by atoms with E-state index in [1.165, 1.54) is 23.5 Å². The summed E-state index contributed by atoms with van der Waals surface area (Å²) < 4.78 is 13.4. The molecule has 3 rings (SSSR count). The van der Waals surface area contributed by atoms with Gasteiger partial charge in [0, 0.05) is 13.1 Å².